The van der Waals surface area contributed by atoms with E-state index in [0.717, 1.165) is 22.3 Å². The Labute approximate surface area is 138 Å². The molecule has 2 N–H and O–H groups in total. The number of carbonyl (C=O) groups is 1. The zero-order valence-electron chi connectivity index (χ0n) is 13.1. The van der Waals surface area contributed by atoms with Crippen molar-refractivity contribution < 1.29 is 4.79 Å². The lowest BCUT2D eigenvalue weighted by molar-refractivity contribution is 0.0747. The van der Waals surface area contributed by atoms with Crippen LogP contribution in [0.3, 0.4) is 0 Å². The average Bonchev–Trinajstić information content (AvgIpc) is 2.50. The predicted octanol–water partition coefficient (Wildman–Crippen LogP) is 3.33. The smallest absolute Gasteiger partial charge is 0.254 e. The highest BCUT2D eigenvalue weighted by molar-refractivity contribution is 5.96. The van der Waals surface area contributed by atoms with E-state index in [1.807, 2.05) is 67.3 Å². The molecule has 0 atom stereocenters. The first-order valence-corrected chi connectivity index (χ1v) is 7.23. The highest BCUT2D eigenvalue weighted by atomic mass is 35.5. The van der Waals surface area contributed by atoms with Crippen LogP contribution in [0.5, 0.6) is 0 Å². The van der Waals surface area contributed by atoms with Crippen molar-refractivity contribution in [1.82, 2.24) is 4.90 Å². The van der Waals surface area contributed by atoms with Crippen molar-refractivity contribution in [2.45, 2.75) is 20.4 Å². The van der Waals surface area contributed by atoms with E-state index < -0.39 is 0 Å². The summed E-state index contributed by atoms with van der Waals surface area (Å²) in [7, 11) is 0. The molecule has 0 aliphatic rings. The third kappa shape index (κ3) is 4.33. The lowest BCUT2D eigenvalue weighted by Gasteiger charge is -2.23. The molecule has 0 spiro atoms. The minimum absolute atomic E-state index is 0. The minimum atomic E-state index is 0. The first-order chi connectivity index (χ1) is 10.1. The molecule has 0 unspecified atom stereocenters. The van der Waals surface area contributed by atoms with Gasteiger partial charge in [0.05, 0.1) is 0 Å². The van der Waals surface area contributed by atoms with Crippen molar-refractivity contribution in [2.75, 3.05) is 13.1 Å². The normalized spacial score (nSPS) is 9.95. The van der Waals surface area contributed by atoms with E-state index in [4.69, 9.17) is 5.73 Å². The van der Waals surface area contributed by atoms with Crippen LogP contribution in [0.4, 0.5) is 0 Å². The van der Waals surface area contributed by atoms with E-state index in [0.29, 0.717) is 19.6 Å². The Hall–Kier alpha value is -1.84. The first-order valence-electron chi connectivity index (χ1n) is 7.23. The topological polar surface area (TPSA) is 46.3 Å². The Balaban J connectivity index is 0.00000242. The minimum Gasteiger partial charge on any atom is -0.333 e. The molecule has 0 aliphatic carbocycles. The van der Waals surface area contributed by atoms with Gasteiger partial charge in [0, 0.05) is 25.2 Å². The largest absolute Gasteiger partial charge is 0.333 e. The maximum absolute atomic E-state index is 12.8. The Morgan fingerprint density at radius 2 is 1.73 bits per heavy atom. The van der Waals surface area contributed by atoms with Gasteiger partial charge in [0.1, 0.15) is 0 Å². The second kappa shape index (κ2) is 8.57. The molecule has 0 aromatic heterocycles. The summed E-state index contributed by atoms with van der Waals surface area (Å²) in [6.45, 7) is 5.62. The highest BCUT2D eigenvalue weighted by Gasteiger charge is 2.17. The van der Waals surface area contributed by atoms with Crippen LogP contribution in [0.2, 0.25) is 0 Å². The number of nitrogens with two attached hydrogens (primary N) is 1. The molecule has 0 radical (unpaired) electrons. The molecule has 0 fully saturated rings. The van der Waals surface area contributed by atoms with Gasteiger partial charge in [0.25, 0.3) is 5.91 Å². The van der Waals surface area contributed by atoms with Gasteiger partial charge in [-0.2, -0.15) is 0 Å². The Morgan fingerprint density at radius 3 is 2.36 bits per heavy atom. The highest BCUT2D eigenvalue weighted by Crippen LogP contribution is 2.16. The maximum atomic E-state index is 12.8. The van der Waals surface area contributed by atoms with E-state index in [1.54, 1.807) is 0 Å². The third-order valence-electron chi connectivity index (χ3n) is 3.74. The van der Waals surface area contributed by atoms with Crippen LogP contribution in [0.1, 0.15) is 27.0 Å². The van der Waals surface area contributed by atoms with Gasteiger partial charge >= 0.3 is 0 Å². The zero-order valence-corrected chi connectivity index (χ0v) is 13.9. The summed E-state index contributed by atoms with van der Waals surface area (Å²) in [5.41, 5.74) is 9.72. The summed E-state index contributed by atoms with van der Waals surface area (Å²) in [6.07, 6.45) is 0. The molecule has 22 heavy (non-hydrogen) atoms. The van der Waals surface area contributed by atoms with Gasteiger partial charge in [0.2, 0.25) is 0 Å². The van der Waals surface area contributed by atoms with Gasteiger partial charge in [0.15, 0.2) is 0 Å². The zero-order chi connectivity index (χ0) is 15.2. The Bertz CT molecular complexity index is 614. The van der Waals surface area contributed by atoms with Crippen molar-refractivity contribution in [3.8, 4) is 0 Å². The Morgan fingerprint density at radius 1 is 1.05 bits per heavy atom. The van der Waals surface area contributed by atoms with Crippen molar-refractivity contribution in [3.63, 3.8) is 0 Å². The van der Waals surface area contributed by atoms with E-state index >= 15 is 0 Å². The number of hydrogen-bond acceptors (Lipinski definition) is 2. The van der Waals surface area contributed by atoms with Crippen molar-refractivity contribution in [1.29, 1.82) is 0 Å². The molecule has 2 aromatic rings. The molecular formula is C18H23ClN2O. The number of carbonyl (C=O) groups excluding carboxylic acids is 1. The number of benzene rings is 2. The van der Waals surface area contributed by atoms with Gasteiger partial charge < -0.3 is 10.6 Å². The van der Waals surface area contributed by atoms with Crippen LogP contribution < -0.4 is 5.73 Å². The number of hydrogen-bond donors (Lipinski definition) is 1. The van der Waals surface area contributed by atoms with Gasteiger partial charge in [-0.1, -0.05) is 42.5 Å². The van der Waals surface area contributed by atoms with Crippen LogP contribution in [0.15, 0.2) is 48.5 Å². The third-order valence-corrected chi connectivity index (χ3v) is 3.74. The Kier molecular flexibility index (Phi) is 7.09. The lowest BCUT2D eigenvalue weighted by Crippen LogP contribution is -2.35. The van der Waals surface area contributed by atoms with Gasteiger partial charge in [-0.15, -0.1) is 12.4 Å². The fourth-order valence-electron chi connectivity index (χ4n) is 2.37. The predicted molar refractivity (Wildman–Crippen MR) is 93.4 cm³/mol. The van der Waals surface area contributed by atoms with Crippen molar-refractivity contribution in [3.05, 3.63) is 70.8 Å². The number of aryl methyl sites for hydroxylation is 1. The molecule has 4 heteroatoms. The standard InChI is InChI=1S/C18H22N2O.ClH/c1-14-7-6-10-17(15(14)2)18(21)20(12-11-19)13-16-8-4-3-5-9-16;/h3-10H,11-13,19H2,1-2H3;1H. The summed E-state index contributed by atoms with van der Waals surface area (Å²) < 4.78 is 0. The molecule has 0 saturated heterocycles. The van der Waals surface area contributed by atoms with Gasteiger partial charge in [-0.3, -0.25) is 4.79 Å². The van der Waals surface area contributed by atoms with E-state index in [-0.39, 0.29) is 18.3 Å². The van der Waals surface area contributed by atoms with Crippen LogP contribution in [0, 0.1) is 13.8 Å². The average molecular weight is 319 g/mol. The van der Waals surface area contributed by atoms with Crippen molar-refractivity contribution >= 4 is 18.3 Å². The molecule has 2 aromatic carbocycles. The van der Waals surface area contributed by atoms with Crippen LogP contribution in [0.25, 0.3) is 0 Å². The molecular weight excluding hydrogens is 296 g/mol. The molecule has 3 nitrogen and oxygen atoms in total. The second-order valence-corrected chi connectivity index (χ2v) is 5.25. The van der Waals surface area contributed by atoms with Gasteiger partial charge in [-0.05, 0) is 36.6 Å². The fourth-order valence-corrected chi connectivity index (χ4v) is 2.37. The van der Waals surface area contributed by atoms with Crippen molar-refractivity contribution in [2.24, 2.45) is 5.73 Å². The molecule has 0 saturated carbocycles. The molecule has 0 heterocycles. The SMILES string of the molecule is Cc1cccc(C(=O)N(CCN)Cc2ccccc2)c1C.Cl. The summed E-state index contributed by atoms with van der Waals surface area (Å²) in [6, 6.07) is 15.8. The number of rotatable bonds is 5. The molecule has 118 valence electrons. The maximum Gasteiger partial charge on any atom is 0.254 e. The van der Waals surface area contributed by atoms with E-state index in [9.17, 15) is 4.79 Å². The van der Waals surface area contributed by atoms with Gasteiger partial charge in [-0.25, -0.2) is 0 Å². The number of nitrogens with zero attached hydrogens (tertiary/aromatic N) is 1. The summed E-state index contributed by atoms with van der Waals surface area (Å²) >= 11 is 0. The summed E-state index contributed by atoms with van der Waals surface area (Å²) in [4.78, 5) is 14.6. The van der Waals surface area contributed by atoms with Crippen LogP contribution in [-0.4, -0.2) is 23.9 Å². The second-order valence-electron chi connectivity index (χ2n) is 5.25. The molecule has 0 bridgehead atoms. The quantitative estimate of drug-likeness (QED) is 0.919. The van der Waals surface area contributed by atoms with Crippen LogP contribution >= 0.6 is 12.4 Å². The summed E-state index contributed by atoms with van der Waals surface area (Å²) in [5.74, 6) is 0.0468. The monoisotopic (exact) mass is 318 g/mol. The molecule has 1 amide bonds. The lowest BCUT2D eigenvalue weighted by atomic mass is 10.0. The molecule has 0 aliphatic heterocycles. The first kappa shape index (κ1) is 18.2. The van der Waals surface area contributed by atoms with Crippen LogP contribution in [-0.2, 0) is 6.54 Å². The number of amides is 1. The van der Waals surface area contributed by atoms with E-state index in [1.165, 1.54) is 0 Å². The van der Waals surface area contributed by atoms with E-state index in [2.05, 4.69) is 0 Å². The number of halogens is 1. The molecule has 2 rings (SSSR count). The summed E-state index contributed by atoms with van der Waals surface area (Å²) in [5, 5.41) is 0. The fraction of sp³-hybridized carbons (Fsp3) is 0.278.